The normalized spacial score (nSPS) is 17.0. The average molecular weight is 263 g/mol. The van der Waals surface area contributed by atoms with Crippen molar-refractivity contribution in [2.45, 2.75) is 19.8 Å². The summed E-state index contributed by atoms with van der Waals surface area (Å²) in [6.07, 6.45) is 4.40. The lowest BCUT2D eigenvalue weighted by Gasteiger charge is -2.34. The highest BCUT2D eigenvalue weighted by molar-refractivity contribution is 5.49. The van der Waals surface area contributed by atoms with E-state index in [1.54, 1.807) is 0 Å². The third-order valence-corrected chi connectivity index (χ3v) is 3.71. The van der Waals surface area contributed by atoms with Crippen molar-refractivity contribution in [1.82, 2.24) is 14.9 Å². The first kappa shape index (κ1) is 14.1. The van der Waals surface area contributed by atoms with Crippen LogP contribution in [0.4, 0.5) is 11.8 Å². The Kier molecular flexibility index (Phi) is 4.58. The highest BCUT2D eigenvalue weighted by Gasteiger charge is 2.21. The molecule has 1 aliphatic heterocycles. The zero-order valence-corrected chi connectivity index (χ0v) is 12.5. The molecule has 0 spiro atoms. The molecule has 2 rings (SSSR count). The third kappa shape index (κ3) is 3.56. The number of piperidine rings is 1. The SMILES string of the molecule is CNc1ncc(C)c(N2CCC(CN(C)C)CC2)n1. The summed E-state index contributed by atoms with van der Waals surface area (Å²) in [5.74, 6) is 2.61. The molecule has 0 atom stereocenters. The molecule has 0 aromatic carbocycles. The van der Waals surface area contributed by atoms with Crippen LogP contribution in [-0.4, -0.2) is 55.6 Å². The van der Waals surface area contributed by atoms with E-state index in [4.69, 9.17) is 0 Å². The van der Waals surface area contributed by atoms with Crippen LogP contribution in [0.5, 0.6) is 0 Å². The highest BCUT2D eigenvalue weighted by atomic mass is 15.2. The van der Waals surface area contributed by atoms with Gasteiger partial charge in [-0.15, -0.1) is 0 Å². The lowest BCUT2D eigenvalue weighted by Crippen LogP contribution is -2.38. The van der Waals surface area contributed by atoms with Gasteiger partial charge in [0.2, 0.25) is 5.95 Å². The summed E-state index contributed by atoms with van der Waals surface area (Å²) in [5.41, 5.74) is 1.16. The fourth-order valence-electron chi connectivity index (χ4n) is 2.72. The third-order valence-electron chi connectivity index (χ3n) is 3.71. The summed E-state index contributed by atoms with van der Waals surface area (Å²) in [4.78, 5) is 13.5. The molecule has 0 radical (unpaired) electrons. The maximum Gasteiger partial charge on any atom is 0.224 e. The number of rotatable bonds is 4. The minimum Gasteiger partial charge on any atom is -0.357 e. The van der Waals surface area contributed by atoms with Gasteiger partial charge < -0.3 is 15.1 Å². The van der Waals surface area contributed by atoms with Gasteiger partial charge in [0.25, 0.3) is 0 Å². The number of nitrogens with one attached hydrogen (secondary N) is 1. The van der Waals surface area contributed by atoms with E-state index in [0.29, 0.717) is 5.95 Å². The number of hydrogen-bond acceptors (Lipinski definition) is 5. The number of aryl methyl sites for hydroxylation is 1. The number of aromatic nitrogens is 2. The largest absolute Gasteiger partial charge is 0.357 e. The van der Waals surface area contributed by atoms with Crippen molar-refractivity contribution < 1.29 is 0 Å². The predicted molar refractivity (Wildman–Crippen MR) is 79.8 cm³/mol. The van der Waals surface area contributed by atoms with E-state index in [2.05, 4.69) is 46.1 Å². The summed E-state index contributed by atoms with van der Waals surface area (Å²) in [6, 6.07) is 0. The monoisotopic (exact) mass is 263 g/mol. The number of nitrogens with zero attached hydrogens (tertiary/aromatic N) is 4. The molecule has 1 aromatic heterocycles. The Hall–Kier alpha value is -1.36. The molecule has 1 N–H and O–H groups in total. The molecule has 1 saturated heterocycles. The van der Waals surface area contributed by atoms with E-state index in [9.17, 15) is 0 Å². The lowest BCUT2D eigenvalue weighted by molar-refractivity contribution is 0.284. The van der Waals surface area contributed by atoms with Gasteiger partial charge in [-0.2, -0.15) is 4.98 Å². The van der Waals surface area contributed by atoms with Gasteiger partial charge in [-0.25, -0.2) is 4.98 Å². The fraction of sp³-hybridized carbons (Fsp3) is 0.714. The Bertz CT molecular complexity index is 410. The van der Waals surface area contributed by atoms with Crippen molar-refractivity contribution in [3.63, 3.8) is 0 Å². The van der Waals surface area contributed by atoms with Crippen molar-refractivity contribution >= 4 is 11.8 Å². The van der Waals surface area contributed by atoms with Gasteiger partial charge in [0.15, 0.2) is 0 Å². The molecular weight excluding hydrogens is 238 g/mol. The second-order valence-corrected chi connectivity index (χ2v) is 5.64. The minimum atomic E-state index is 0.705. The molecule has 5 heteroatoms. The minimum absolute atomic E-state index is 0.705. The van der Waals surface area contributed by atoms with Crippen LogP contribution in [0.2, 0.25) is 0 Å². The summed E-state index contributed by atoms with van der Waals surface area (Å²) in [5, 5.41) is 3.01. The van der Waals surface area contributed by atoms with Crippen LogP contribution in [0, 0.1) is 12.8 Å². The first-order chi connectivity index (χ1) is 9.10. The van der Waals surface area contributed by atoms with Gasteiger partial charge in [-0.05, 0) is 39.8 Å². The van der Waals surface area contributed by atoms with E-state index in [1.807, 2.05) is 13.2 Å². The van der Waals surface area contributed by atoms with E-state index < -0.39 is 0 Å². The first-order valence-corrected chi connectivity index (χ1v) is 7.01. The van der Waals surface area contributed by atoms with Crippen molar-refractivity contribution in [3.8, 4) is 0 Å². The van der Waals surface area contributed by atoms with Gasteiger partial charge in [-0.1, -0.05) is 0 Å². The maximum atomic E-state index is 4.59. The van der Waals surface area contributed by atoms with Crippen molar-refractivity contribution in [2.75, 3.05) is 51.0 Å². The Morgan fingerprint density at radius 1 is 1.37 bits per heavy atom. The van der Waals surface area contributed by atoms with Crippen LogP contribution in [0.15, 0.2) is 6.20 Å². The van der Waals surface area contributed by atoms with E-state index in [1.165, 1.54) is 19.4 Å². The highest BCUT2D eigenvalue weighted by Crippen LogP contribution is 2.25. The Labute approximate surface area is 116 Å². The average Bonchev–Trinajstić information content (AvgIpc) is 2.40. The predicted octanol–water partition coefficient (Wildman–Crippen LogP) is 1.60. The van der Waals surface area contributed by atoms with Crippen molar-refractivity contribution in [1.29, 1.82) is 0 Å². The molecule has 106 valence electrons. The molecule has 5 nitrogen and oxygen atoms in total. The van der Waals surface area contributed by atoms with Crippen molar-refractivity contribution in [2.24, 2.45) is 5.92 Å². The zero-order chi connectivity index (χ0) is 13.8. The molecule has 0 bridgehead atoms. The Morgan fingerprint density at radius 2 is 2.05 bits per heavy atom. The molecule has 1 aliphatic rings. The maximum absolute atomic E-state index is 4.59. The topological polar surface area (TPSA) is 44.3 Å². The Morgan fingerprint density at radius 3 is 2.63 bits per heavy atom. The summed E-state index contributed by atoms with van der Waals surface area (Å²) in [6.45, 7) is 5.47. The lowest BCUT2D eigenvalue weighted by atomic mass is 9.96. The fourth-order valence-corrected chi connectivity index (χ4v) is 2.72. The molecule has 0 aliphatic carbocycles. The quantitative estimate of drug-likeness (QED) is 0.894. The molecule has 0 saturated carbocycles. The van der Waals surface area contributed by atoms with Crippen molar-refractivity contribution in [3.05, 3.63) is 11.8 Å². The van der Waals surface area contributed by atoms with Gasteiger partial charge >= 0.3 is 0 Å². The second kappa shape index (κ2) is 6.19. The second-order valence-electron chi connectivity index (χ2n) is 5.64. The molecule has 1 fully saturated rings. The molecule has 0 unspecified atom stereocenters. The molecule has 0 amide bonds. The number of anilines is 2. The van der Waals surface area contributed by atoms with Gasteiger partial charge in [0, 0.05) is 38.4 Å². The standard InChI is InChI=1S/C14H25N5/c1-11-9-16-14(15-2)17-13(11)19-7-5-12(6-8-19)10-18(3)4/h9,12H,5-8,10H2,1-4H3,(H,15,16,17). The number of hydrogen-bond donors (Lipinski definition) is 1. The van der Waals surface area contributed by atoms with Crippen LogP contribution >= 0.6 is 0 Å². The van der Waals surface area contributed by atoms with Crippen LogP contribution < -0.4 is 10.2 Å². The van der Waals surface area contributed by atoms with E-state index in [-0.39, 0.29) is 0 Å². The van der Waals surface area contributed by atoms with Crippen LogP contribution in [0.3, 0.4) is 0 Å². The van der Waals surface area contributed by atoms with E-state index in [0.717, 1.165) is 30.4 Å². The summed E-state index contributed by atoms with van der Waals surface area (Å²) in [7, 11) is 6.16. The van der Waals surface area contributed by atoms with Crippen LogP contribution in [0.25, 0.3) is 0 Å². The van der Waals surface area contributed by atoms with Gasteiger partial charge in [0.1, 0.15) is 5.82 Å². The smallest absolute Gasteiger partial charge is 0.224 e. The van der Waals surface area contributed by atoms with Crippen LogP contribution in [-0.2, 0) is 0 Å². The molecule has 2 heterocycles. The first-order valence-electron chi connectivity index (χ1n) is 7.01. The molecule has 1 aromatic rings. The van der Waals surface area contributed by atoms with Crippen LogP contribution in [0.1, 0.15) is 18.4 Å². The zero-order valence-electron chi connectivity index (χ0n) is 12.5. The molecular formula is C14H25N5. The Balaban J connectivity index is 2.01. The van der Waals surface area contributed by atoms with E-state index >= 15 is 0 Å². The van der Waals surface area contributed by atoms with Gasteiger partial charge in [0.05, 0.1) is 0 Å². The summed E-state index contributed by atoms with van der Waals surface area (Å²) >= 11 is 0. The summed E-state index contributed by atoms with van der Waals surface area (Å²) < 4.78 is 0. The van der Waals surface area contributed by atoms with Gasteiger partial charge in [-0.3, -0.25) is 0 Å². The molecule has 19 heavy (non-hydrogen) atoms.